The lowest BCUT2D eigenvalue weighted by Crippen LogP contribution is -2.18. The smallest absolute Gasteiger partial charge is 0.462 e. The van der Waals surface area contributed by atoms with Crippen LogP contribution >= 0.6 is 0 Å². The van der Waals surface area contributed by atoms with E-state index in [1.165, 1.54) is 18.2 Å². The fourth-order valence-electron chi connectivity index (χ4n) is 3.64. The van der Waals surface area contributed by atoms with Gasteiger partial charge in [-0.3, -0.25) is 5.32 Å². The number of nitrogens with one attached hydrogen (secondary N) is 1. The van der Waals surface area contributed by atoms with E-state index in [0.29, 0.717) is 6.61 Å². The van der Waals surface area contributed by atoms with Gasteiger partial charge in [0.25, 0.3) is 0 Å². The van der Waals surface area contributed by atoms with Crippen LogP contribution in [0.1, 0.15) is 121 Å². The second-order valence-electron chi connectivity index (χ2n) is 9.19. The van der Waals surface area contributed by atoms with E-state index in [1.54, 1.807) is 0 Å². The summed E-state index contributed by atoms with van der Waals surface area (Å²) in [6.45, 7) is 7.26. The van der Waals surface area contributed by atoms with Crippen LogP contribution in [0.5, 0.6) is 5.75 Å². The summed E-state index contributed by atoms with van der Waals surface area (Å²) in [7, 11) is 0. The Labute approximate surface area is 222 Å². The van der Waals surface area contributed by atoms with E-state index in [0.717, 1.165) is 89.9 Å². The SMILES string of the molecule is CCCCCCCOC(=O)Nc1cc(OC(=O)OCCCCCCC)ccc1C(=O)OCCCCCC. The number of carbonyl (C=O) groups excluding carboxylic acids is 3. The summed E-state index contributed by atoms with van der Waals surface area (Å²) in [6.07, 6.45) is 12.7. The van der Waals surface area contributed by atoms with Crippen molar-refractivity contribution in [1.82, 2.24) is 0 Å². The molecule has 0 aliphatic rings. The van der Waals surface area contributed by atoms with Gasteiger partial charge in [0.1, 0.15) is 5.75 Å². The lowest BCUT2D eigenvalue weighted by atomic mass is 10.1. The van der Waals surface area contributed by atoms with Gasteiger partial charge in [0, 0.05) is 6.07 Å². The Morgan fingerprint density at radius 1 is 0.649 bits per heavy atom. The summed E-state index contributed by atoms with van der Waals surface area (Å²) in [5.41, 5.74) is 0.312. The highest BCUT2D eigenvalue weighted by molar-refractivity contribution is 6.00. The average Bonchev–Trinajstić information content (AvgIpc) is 2.88. The Bertz CT molecular complexity index is 782. The van der Waals surface area contributed by atoms with Crippen LogP contribution in [0.2, 0.25) is 0 Å². The second-order valence-corrected chi connectivity index (χ2v) is 9.19. The van der Waals surface area contributed by atoms with Crippen molar-refractivity contribution < 1.29 is 33.3 Å². The summed E-state index contributed by atoms with van der Waals surface area (Å²) in [6, 6.07) is 4.33. The predicted molar refractivity (Wildman–Crippen MR) is 145 cm³/mol. The minimum absolute atomic E-state index is 0.144. The molecule has 0 aromatic heterocycles. The van der Waals surface area contributed by atoms with Gasteiger partial charge in [-0.25, -0.2) is 14.4 Å². The van der Waals surface area contributed by atoms with Crippen LogP contribution in [0, 0.1) is 0 Å². The molecule has 1 aromatic rings. The van der Waals surface area contributed by atoms with Crippen molar-refractivity contribution in [3.63, 3.8) is 0 Å². The normalized spacial score (nSPS) is 10.6. The first-order valence-corrected chi connectivity index (χ1v) is 14.1. The monoisotopic (exact) mass is 521 g/mol. The molecule has 0 unspecified atom stereocenters. The molecule has 0 fully saturated rings. The van der Waals surface area contributed by atoms with Crippen LogP contribution in [0.3, 0.4) is 0 Å². The van der Waals surface area contributed by atoms with E-state index in [4.69, 9.17) is 18.9 Å². The van der Waals surface area contributed by atoms with Gasteiger partial charge in [0.15, 0.2) is 0 Å². The van der Waals surface area contributed by atoms with Crippen molar-refractivity contribution in [1.29, 1.82) is 0 Å². The Hall–Kier alpha value is -2.77. The maximum atomic E-state index is 12.7. The van der Waals surface area contributed by atoms with Gasteiger partial charge < -0.3 is 18.9 Å². The zero-order valence-corrected chi connectivity index (χ0v) is 23.1. The number of benzene rings is 1. The van der Waals surface area contributed by atoms with E-state index >= 15 is 0 Å². The molecule has 37 heavy (non-hydrogen) atoms. The Morgan fingerprint density at radius 3 is 1.76 bits per heavy atom. The fourth-order valence-corrected chi connectivity index (χ4v) is 3.64. The van der Waals surface area contributed by atoms with Crippen molar-refractivity contribution in [3.05, 3.63) is 23.8 Å². The molecule has 1 rings (SSSR count). The standard InChI is InChI=1S/C29H47NO7/c1-4-7-10-13-16-21-35-28(32)30-26-23-24(37-29(33)36-22-17-14-11-8-5-2)18-19-25(26)27(31)34-20-15-12-9-6-3/h18-19,23H,4-17,20-22H2,1-3H3,(H,30,32). The Kier molecular flexibility index (Phi) is 18.6. The third-order valence-corrected chi connectivity index (χ3v) is 5.83. The van der Waals surface area contributed by atoms with Gasteiger partial charge in [-0.05, 0) is 31.4 Å². The lowest BCUT2D eigenvalue weighted by Gasteiger charge is -2.13. The highest BCUT2D eigenvalue weighted by Crippen LogP contribution is 2.25. The molecular formula is C29H47NO7. The van der Waals surface area contributed by atoms with E-state index < -0.39 is 18.2 Å². The molecule has 1 aromatic carbocycles. The number of rotatable bonds is 20. The molecule has 8 nitrogen and oxygen atoms in total. The number of hydrogen-bond donors (Lipinski definition) is 1. The van der Waals surface area contributed by atoms with Gasteiger partial charge in [-0.1, -0.05) is 91.4 Å². The largest absolute Gasteiger partial charge is 0.513 e. The molecule has 1 amide bonds. The Balaban J connectivity index is 2.72. The topological polar surface area (TPSA) is 100 Å². The Morgan fingerprint density at radius 2 is 1.16 bits per heavy atom. The summed E-state index contributed by atoms with van der Waals surface area (Å²) < 4.78 is 21.0. The van der Waals surface area contributed by atoms with Gasteiger partial charge in [0.05, 0.1) is 31.1 Å². The number of anilines is 1. The third-order valence-electron chi connectivity index (χ3n) is 5.83. The summed E-state index contributed by atoms with van der Waals surface area (Å²) in [4.78, 5) is 37.1. The zero-order chi connectivity index (χ0) is 27.1. The van der Waals surface area contributed by atoms with Crippen molar-refractivity contribution in [3.8, 4) is 5.75 Å². The maximum Gasteiger partial charge on any atom is 0.513 e. The number of carbonyl (C=O) groups is 3. The summed E-state index contributed by atoms with van der Waals surface area (Å²) in [5.74, 6) is -0.419. The number of esters is 1. The zero-order valence-electron chi connectivity index (χ0n) is 23.1. The van der Waals surface area contributed by atoms with E-state index in [1.807, 2.05) is 0 Å². The van der Waals surface area contributed by atoms with Crippen LogP contribution in [-0.4, -0.2) is 38.0 Å². The van der Waals surface area contributed by atoms with Gasteiger partial charge in [-0.15, -0.1) is 0 Å². The maximum absolute atomic E-state index is 12.7. The van der Waals surface area contributed by atoms with Crippen molar-refractivity contribution >= 4 is 23.9 Å². The summed E-state index contributed by atoms with van der Waals surface area (Å²) >= 11 is 0. The van der Waals surface area contributed by atoms with Gasteiger partial charge >= 0.3 is 18.2 Å². The van der Waals surface area contributed by atoms with Gasteiger partial charge in [0.2, 0.25) is 0 Å². The minimum Gasteiger partial charge on any atom is -0.462 e. The number of unbranched alkanes of at least 4 members (excludes halogenated alkanes) is 11. The molecule has 0 saturated carbocycles. The first-order valence-electron chi connectivity index (χ1n) is 14.1. The van der Waals surface area contributed by atoms with Crippen LogP contribution in [0.15, 0.2) is 18.2 Å². The quantitative estimate of drug-likeness (QED) is 0.0795. The van der Waals surface area contributed by atoms with Crippen LogP contribution in [0.4, 0.5) is 15.3 Å². The molecule has 0 spiro atoms. The van der Waals surface area contributed by atoms with Crippen molar-refractivity contribution in [2.45, 2.75) is 111 Å². The molecule has 0 radical (unpaired) electrons. The first kappa shape index (κ1) is 32.3. The molecule has 8 heteroatoms. The molecule has 0 saturated heterocycles. The molecule has 0 heterocycles. The molecule has 0 aliphatic carbocycles. The molecular weight excluding hydrogens is 474 g/mol. The van der Waals surface area contributed by atoms with Crippen molar-refractivity contribution in [2.75, 3.05) is 25.1 Å². The molecule has 210 valence electrons. The number of hydrogen-bond acceptors (Lipinski definition) is 7. The number of amides is 1. The van der Waals surface area contributed by atoms with Crippen molar-refractivity contribution in [2.24, 2.45) is 0 Å². The second kappa shape index (κ2) is 21.3. The summed E-state index contributed by atoms with van der Waals surface area (Å²) in [5, 5.41) is 2.60. The highest BCUT2D eigenvalue weighted by Gasteiger charge is 2.18. The average molecular weight is 522 g/mol. The lowest BCUT2D eigenvalue weighted by molar-refractivity contribution is 0.0499. The van der Waals surface area contributed by atoms with Crippen LogP contribution < -0.4 is 10.1 Å². The van der Waals surface area contributed by atoms with Crippen LogP contribution in [0.25, 0.3) is 0 Å². The number of ether oxygens (including phenoxy) is 4. The predicted octanol–water partition coefficient (Wildman–Crippen LogP) is 8.43. The molecule has 0 bridgehead atoms. The molecule has 1 N–H and O–H groups in total. The van der Waals surface area contributed by atoms with E-state index in [9.17, 15) is 14.4 Å². The minimum atomic E-state index is -0.831. The van der Waals surface area contributed by atoms with Gasteiger partial charge in [-0.2, -0.15) is 0 Å². The van der Waals surface area contributed by atoms with Crippen LogP contribution in [-0.2, 0) is 14.2 Å². The van der Waals surface area contributed by atoms with E-state index in [2.05, 4.69) is 26.1 Å². The highest BCUT2D eigenvalue weighted by atomic mass is 16.7. The van der Waals surface area contributed by atoms with E-state index in [-0.39, 0.29) is 30.2 Å². The fraction of sp³-hybridized carbons (Fsp3) is 0.690. The first-order chi connectivity index (χ1) is 18.0. The molecule has 0 aliphatic heterocycles. The third kappa shape index (κ3) is 15.8. The molecule has 0 atom stereocenters.